The van der Waals surface area contributed by atoms with Gasteiger partial charge in [-0.25, -0.2) is 14.6 Å². The standard InChI is InChI=1S/C19H18N6O/c1-14-23-16-7-2-3-8-17(16)24(14)13-18(26)21-12-15-6-4-9-20-19(15)25-11-5-10-22-25/h2-11H,12-13H2,1H3,(H,21,26). The highest BCUT2D eigenvalue weighted by molar-refractivity contribution is 5.81. The predicted octanol–water partition coefficient (Wildman–Crippen LogP) is 2.24. The van der Waals surface area contributed by atoms with Crippen LogP contribution in [0.3, 0.4) is 0 Å². The minimum atomic E-state index is -0.0773. The molecule has 3 heterocycles. The maximum Gasteiger partial charge on any atom is 0.240 e. The third-order valence-electron chi connectivity index (χ3n) is 4.21. The summed E-state index contributed by atoms with van der Waals surface area (Å²) in [6.07, 6.45) is 5.24. The molecule has 0 saturated heterocycles. The zero-order chi connectivity index (χ0) is 17.9. The Hall–Kier alpha value is -3.48. The van der Waals surface area contributed by atoms with E-state index in [1.165, 1.54) is 0 Å². The van der Waals surface area contributed by atoms with Gasteiger partial charge < -0.3 is 9.88 Å². The zero-order valence-corrected chi connectivity index (χ0v) is 14.3. The number of aryl methyl sites for hydroxylation is 1. The lowest BCUT2D eigenvalue weighted by Crippen LogP contribution is -2.28. The van der Waals surface area contributed by atoms with E-state index in [1.54, 1.807) is 17.1 Å². The van der Waals surface area contributed by atoms with Crippen molar-refractivity contribution in [3.8, 4) is 5.82 Å². The van der Waals surface area contributed by atoms with Crippen molar-refractivity contribution in [1.29, 1.82) is 0 Å². The van der Waals surface area contributed by atoms with Gasteiger partial charge in [-0.1, -0.05) is 18.2 Å². The molecule has 7 heteroatoms. The predicted molar refractivity (Wildman–Crippen MR) is 97.7 cm³/mol. The number of rotatable bonds is 5. The smallest absolute Gasteiger partial charge is 0.240 e. The summed E-state index contributed by atoms with van der Waals surface area (Å²) in [6.45, 7) is 2.52. The van der Waals surface area contributed by atoms with E-state index < -0.39 is 0 Å². The summed E-state index contributed by atoms with van der Waals surface area (Å²) < 4.78 is 3.61. The molecule has 1 amide bonds. The van der Waals surface area contributed by atoms with Crippen LogP contribution < -0.4 is 5.32 Å². The van der Waals surface area contributed by atoms with Crippen LogP contribution in [0, 0.1) is 6.92 Å². The van der Waals surface area contributed by atoms with Gasteiger partial charge in [0.2, 0.25) is 5.91 Å². The van der Waals surface area contributed by atoms with Gasteiger partial charge in [-0.3, -0.25) is 4.79 Å². The summed E-state index contributed by atoms with van der Waals surface area (Å²) in [5, 5.41) is 7.17. The lowest BCUT2D eigenvalue weighted by Gasteiger charge is -2.11. The molecule has 4 rings (SSSR count). The van der Waals surface area contributed by atoms with Crippen molar-refractivity contribution in [2.45, 2.75) is 20.0 Å². The van der Waals surface area contributed by atoms with Gasteiger partial charge in [0.25, 0.3) is 0 Å². The second-order valence-electron chi connectivity index (χ2n) is 5.95. The van der Waals surface area contributed by atoms with Crippen LogP contribution in [0.15, 0.2) is 61.1 Å². The minimum absolute atomic E-state index is 0.0773. The van der Waals surface area contributed by atoms with Gasteiger partial charge in [0.05, 0.1) is 11.0 Å². The first-order chi connectivity index (χ1) is 12.7. The van der Waals surface area contributed by atoms with E-state index >= 15 is 0 Å². The molecular formula is C19H18N6O. The maximum absolute atomic E-state index is 12.5. The molecule has 0 saturated carbocycles. The maximum atomic E-state index is 12.5. The van der Waals surface area contributed by atoms with Crippen LogP contribution in [-0.2, 0) is 17.9 Å². The van der Waals surface area contributed by atoms with Gasteiger partial charge in [0, 0.05) is 30.7 Å². The first-order valence-corrected chi connectivity index (χ1v) is 8.35. The molecular weight excluding hydrogens is 328 g/mol. The molecule has 0 fully saturated rings. The molecule has 26 heavy (non-hydrogen) atoms. The Bertz CT molecular complexity index is 1050. The van der Waals surface area contributed by atoms with E-state index in [0.29, 0.717) is 12.4 Å². The molecule has 1 N–H and O–H groups in total. The van der Waals surface area contributed by atoms with E-state index in [-0.39, 0.29) is 12.5 Å². The zero-order valence-electron chi connectivity index (χ0n) is 14.3. The highest BCUT2D eigenvalue weighted by Gasteiger charge is 2.12. The summed E-state index contributed by atoms with van der Waals surface area (Å²) in [6, 6.07) is 13.4. The normalized spacial score (nSPS) is 11.0. The van der Waals surface area contributed by atoms with Gasteiger partial charge in [0.1, 0.15) is 12.4 Å². The number of hydrogen-bond donors (Lipinski definition) is 1. The van der Waals surface area contributed by atoms with Crippen molar-refractivity contribution in [2.24, 2.45) is 0 Å². The molecule has 1 aromatic carbocycles. The Morgan fingerprint density at radius 3 is 2.85 bits per heavy atom. The molecule has 3 aromatic heterocycles. The monoisotopic (exact) mass is 346 g/mol. The van der Waals surface area contributed by atoms with Crippen molar-refractivity contribution in [3.05, 3.63) is 72.4 Å². The molecule has 0 unspecified atom stereocenters. The molecule has 130 valence electrons. The second kappa shape index (κ2) is 6.79. The first kappa shape index (κ1) is 16.0. The van der Waals surface area contributed by atoms with Crippen molar-refractivity contribution in [3.63, 3.8) is 0 Å². The molecule has 0 aliphatic carbocycles. The van der Waals surface area contributed by atoms with Crippen molar-refractivity contribution < 1.29 is 4.79 Å². The van der Waals surface area contributed by atoms with Crippen LogP contribution in [0.2, 0.25) is 0 Å². The number of fused-ring (bicyclic) bond motifs is 1. The fourth-order valence-electron chi connectivity index (χ4n) is 2.96. The lowest BCUT2D eigenvalue weighted by molar-refractivity contribution is -0.121. The van der Waals surface area contributed by atoms with Crippen LogP contribution in [0.1, 0.15) is 11.4 Å². The fraction of sp³-hybridized carbons (Fsp3) is 0.158. The average molecular weight is 346 g/mol. The summed E-state index contributed by atoms with van der Waals surface area (Å²) in [7, 11) is 0. The van der Waals surface area contributed by atoms with Gasteiger partial charge >= 0.3 is 0 Å². The van der Waals surface area contributed by atoms with E-state index in [2.05, 4.69) is 20.4 Å². The number of imidazole rings is 1. The molecule has 0 bridgehead atoms. The Kier molecular flexibility index (Phi) is 4.18. The number of carbonyl (C=O) groups excluding carboxylic acids is 1. The third kappa shape index (κ3) is 3.06. The van der Waals surface area contributed by atoms with Gasteiger partial charge in [0.15, 0.2) is 5.82 Å². The van der Waals surface area contributed by atoms with Crippen molar-refractivity contribution in [1.82, 2.24) is 29.6 Å². The van der Waals surface area contributed by atoms with E-state index in [1.807, 2.05) is 60.2 Å². The Labute approximate surface area is 150 Å². The largest absolute Gasteiger partial charge is 0.350 e. The number of amides is 1. The highest BCUT2D eigenvalue weighted by Crippen LogP contribution is 2.15. The number of nitrogens with one attached hydrogen (secondary N) is 1. The van der Waals surface area contributed by atoms with Gasteiger partial charge in [-0.2, -0.15) is 5.10 Å². The quantitative estimate of drug-likeness (QED) is 0.601. The van der Waals surface area contributed by atoms with Gasteiger partial charge in [-0.15, -0.1) is 0 Å². The molecule has 0 spiro atoms. The van der Waals surface area contributed by atoms with Crippen LogP contribution in [0.4, 0.5) is 0 Å². The van der Waals surface area contributed by atoms with Crippen LogP contribution in [0.5, 0.6) is 0 Å². The lowest BCUT2D eigenvalue weighted by atomic mass is 10.2. The Morgan fingerprint density at radius 2 is 2.00 bits per heavy atom. The highest BCUT2D eigenvalue weighted by atomic mass is 16.1. The summed E-state index contributed by atoms with van der Waals surface area (Å²) in [4.78, 5) is 21.3. The summed E-state index contributed by atoms with van der Waals surface area (Å²) >= 11 is 0. The number of pyridine rings is 1. The summed E-state index contributed by atoms with van der Waals surface area (Å²) in [5.41, 5.74) is 2.75. The first-order valence-electron chi connectivity index (χ1n) is 8.35. The number of nitrogens with zero attached hydrogens (tertiary/aromatic N) is 5. The number of benzene rings is 1. The Morgan fingerprint density at radius 1 is 1.12 bits per heavy atom. The summed E-state index contributed by atoms with van der Waals surface area (Å²) in [5.74, 6) is 1.45. The molecule has 0 atom stereocenters. The average Bonchev–Trinajstić information content (AvgIpc) is 3.29. The van der Waals surface area contributed by atoms with Crippen LogP contribution in [0.25, 0.3) is 16.9 Å². The third-order valence-corrected chi connectivity index (χ3v) is 4.21. The van der Waals surface area contributed by atoms with Crippen LogP contribution >= 0.6 is 0 Å². The number of hydrogen-bond acceptors (Lipinski definition) is 4. The van der Waals surface area contributed by atoms with Crippen LogP contribution in [-0.4, -0.2) is 30.2 Å². The molecule has 4 aromatic rings. The van der Waals surface area contributed by atoms with E-state index in [4.69, 9.17) is 0 Å². The number of para-hydroxylation sites is 2. The SMILES string of the molecule is Cc1nc2ccccc2n1CC(=O)NCc1cccnc1-n1cccn1. The minimum Gasteiger partial charge on any atom is -0.350 e. The fourth-order valence-corrected chi connectivity index (χ4v) is 2.96. The Balaban J connectivity index is 1.49. The molecule has 7 nitrogen and oxygen atoms in total. The van der Waals surface area contributed by atoms with Crippen molar-refractivity contribution >= 4 is 16.9 Å². The number of carbonyl (C=O) groups is 1. The van der Waals surface area contributed by atoms with E-state index in [0.717, 1.165) is 22.4 Å². The number of aromatic nitrogens is 5. The molecule has 0 aliphatic rings. The second-order valence-corrected chi connectivity index (χ2v) is 5.95. The molecule has 0 aliphatic heterocycles. The topological polar surface area (TPSA) is 77.6 Å². The van der Waals surface area contributed by atoms with Gasteiger partial charge in [-0.05, 0) is 31.2 Å². The van der Waals surface area contributed by atoms with Crippen molar-refractivity contribution in [2.75, 3.05) is 0 Å². The molecule has 0 radical (unpaired) electrons. The van der Waals surface area contributed by atoms with E-state index in [9.17, 15) is 4.79 Å².